The van der Waals surface area contributed by atoms with Crippen molar-refractivity contribution < 1.29 is 14.3 Å². The lowest BCUT2D eigenvalue weighted by atomic mass is 9.99. The number of hydrogen-bond donors (Lipinski definition) is 1. The fourth-order valence-electron chi connectivity index (χ4n) is 5.24. The average molecular weight is 462 g/mol. The van der Waals surface area contributed by atoms with Crippen LogP contribution in [0, 0.1) is 11.8 Å². The third kappa shape index (κ3) is 4.60. The Morgan fingerprint density at radius 3 is 3.06 bits per heavy atom. The first-order valence-electron chi connectivity index (χ1n) is 12.0. The SMILES string of the molecule is C/C=C\N=C(/C)C1=CC2CN(C(=O)/C=C/c3cnc4c(c3)CN3CCOCC3C(=O)N4)CC2C1. The lowest BCUT2D eigenvalue weighted by Crippen LogP contribution is -2.49. The summed E-state index contributed by atoms with van der Waals surface area (Å²) in [6.45, 7) is 7.91. The van der Waals surface area contributed by atoms with Crippen LogP contribution in [0.4, 0.5) is 5.82 Å². The van der Waals surface area contributed by atoms with E-state index in [9.17, 15) is 9.59 Å². The van der Waals surface area contributed by atoms with E-state index in [1.807, 2.05) is 36.2 Å². The number of hydrogen-bond acceptors (Lipinski definition) is 6. The molecule has 4 aliphatic rings. The quantitative estimate of drug-likeness (QED) is 0.550. The van der Waals surface area contributed by atoms with Crippen LogP contribution in [0.5, 0.6) is 0 Å². The number of morpholine rings is 1. The Balaban J connectivity index is 1.23. The molecule has 3 unspecified atom stereocenters. The third-order valence-electron chi connectivity index (χ3n) is 7.15. The standard InChI is InChI=1S/C26H31N5O3/c1-3-6-27-17(2)19-10-20-13-31(14-21(20)11-19)24(32)5-4-18-9-22-15-30-7-8-34-16-23(30)26(33)29-25(22)28-12-18/h3-6,9-10,12,20-21,23H,7-8,11,13-16H2,1-2H3,(H,28,29,33)/b5-4+,6-3-,27-17+. The minimum atomic E-state index is -0.286. The van der Waals surface area contributed by atoms with Crippen LogP contribution in [-0.4, -0.2) is 71.2 Å². The molecule has 0 saturated carbocycles. The molecule has 4 heterocycles. The number of amides is 2. The number of pyridine rings is 1. The summed E-state index contributed by atoms with van der Waals surface area (Å²) in [4.78, 5) is 38.4. The molecule has 1 aliphatic carbocycles. The lowest BCUT2D eigenvalue weighted by Gasteiger charge is -2.32. The van der Waals surface area contributed by atoms with E-state index in [1.165, 1.54) is 5.57 Å². The molecule has 2 saturated heterocycles. The second-order valence-corrected chi connectivity index (χ2v) is 9.42. The first kappa shape index (κ1) is 22.7. The van der Waals surface area contributed by atoms with E-state index in [0.717, 1.165) is 36.3 Å². The van der Waals surface area contributed by atoms with Crippen molar-refractivity contribution in [2.45, 2.75) is 32.9 Å². The van der Waals surface area contributed by atoms with Crippen molar-refractivity contribution in [2.24, 2.45) is 16.8 Å². The van der Waals surface area contributed by atoms with E-state index in [4.69, 9.17) is 4.74 Å². The minimum Gasteiger partial charge on any atom is -0.378 e. The maximum atomic E-state index is 12.9. The second kappa shape index (κ2) is 9.64. The van der Waals surface area contributed by atoms with Gasteiger partial charge in [0.25, 0.3) is 0 Å². The van der Waals surface area contributed by atoms with Crippen molar-refractivity contribution in [1.82, 2.24) is 14.8 Å². The van der Waals surface area contributed by atoms with Gasteiger partial charge in [-0.1, -0.05) is 12.2 Å². The molecule has 178 valence electrons. The number of carbonyl (C=O) groups excluding carboxylic acids is 2. The van der Waals surface area contributed by atoms with Gasteiger partial charge in [0.15, 0.2) is 0 Å². The number of anilines is 1. The fraction of sp³-hybridized carbons (Fsp3) is 0.462. The monoisotopic (exact) mass is 461 g/mol. The molecule has 0 aromatic carbocycles. The smallest absolute Gasteiger partial charge is 0.246 e. The van der Waals surface area contributed by atoms with Crippen molar-refractivity contribution in [3.8, 4) is 0 Å². The molecule has 2 fully saturated rings. The maximum Gasteiger partial charge on any atom is 0.246 e. The van der Waals surface area contributed by atoms with Crippen molar-refractivity contribution in [3.63, 3.8) is 0 Å². The third-order valence-corrected chi connectivity index (χ3v) is 7.15. The summed E-state index contributed by atoms with van der Waals surface area (Å²) < 4.78 is 5.47. The molecule has 2 amide bonds. The zero-order valence-corrected chi connectivity index (χ0v) is 19.7. The first-order valence-corrected chi connectivity index (χ1v) is 12.0. The van der Waals surface area contributed by atoms with E-state index in [-0.39, 0.29) is 17.9 Å². The van der Waals surface area contributed by atoms with Gasteiger partial charge in [0.1, 0.15) is 11.9 Å². The van der Waals surface area contributed by atoms with Crippen LogP contribution in [0.15, 0.2) is 47.3 Å². The molecule has 1 N–H and O–H groups in total. The summed E-state index contributed by atoms with van der Waals surface area (Å²) in [6.07, 6.45) is 12.2. The summed E-state index contributed by atoms with van der Waals surface area (Å²) in [5.74, 6) is 1.42. The van der Waals surface area contributed by atoms with Crippen LogP contribution in [0.25, 0.3) is 6.08 Å². The Labute approximate surface area is 200 Å². The van der Waals surface area contributed by atoms with Gasteiger partial charge in [-0.25, -0.2) is 4.98 Å². The molecule has 3 aliphatic heterocycles. The Hall–Kier alpha value is -3.10. The Kier molecular flexibility index (Phi) is 6.43. The number of rotatable bonds is 4. The van der Waals surface area contributed by atoms with Gasteiger partial charge in [0.05, 0.1) is 13.2 Å². The number of allylic oxidation sites excluding steroid dienone is 2. The Morgan fingerprint density at radius 2 is 2.24 bits per heavy atom. The summed E-state index contributed by atoms with van der Waals surface area (Å²) >= 11 is 0. The Bertz CT molecular complexity index is 1110. The topological polar surface area (TPSA) is 87.1 Å². The highest BCUT2D eigenvalue weighted by molar-refractivity contribution is 5.99. The molecule has 0 radical (unpaired) electrons. The molecular weight excluding hydrogens is 430 g/mol. The summed E-state index contributed by atoms with van der Waals surface area (Å²) in [5.41, 5.74) is 4.18. The molecular formula is C26H31N5O3. The number of carbonyl (C=O) groups is 2. The van der Waals surface area contributed by atoms with Crippen LogP contribution in [0.1, 0.15) is 31.4 Å². The summed E-state index contributed by atoms with van der Waals surface area (Å²) in [7, 11) is 0. The second-order valence-electron chi connectivity index (χ2n) is 9.42. The van der Waals surface area contributed by atoms with Crippen molar-refractivity contribution in [1.29, 1.82) is 0 Å². The van der Waals surface area contributed by atoms with Crippen molar-refractivity contribution in [3.05, 3.63) is 53.4 Å². The van der Waals surface area contributed by atoms with Crippen LogP contribution in [-0.2, 0) is 20.9 Å². The van der Waals surface area contributed by atoms with Gasteiger partial charge in [-0.15, -0.1) is 0 Å². The van der Waals surface area contributed by atoms with Gasteiger partial charge in [-0.2, -0.15) is 0 Å². The maximum absolute atomic E-state index is 12.9. The first-order chi connectivity index (χ1) is 16.5. The van der Waals surface area contributed by atoms with Gasteiger partial charge >= 0.3 is 0 Å². The van der Waals surface area contributed by atoms with E-state index in [0.29, 0.717) is 44.0 Å². The van der Waals surface area contributed by atoms with Gasteiger partial charge in [-0.3, -0.25) is 19.5 Å². The molecule has 1 aromatic rings. The number of aromatic nitrogens is 1. The largest absolute Gasteiger partial charge is 0.378 e. The van der Waals surface area contributed by atoms with Crippen LogP contribution >= 0.6 is 0 Å². The molecule has 0 spiro atoms. The number of aliphatic imine (C=N–C) groups is 1. The van der Waals surface area contributed by atoms with Crippen LogP contribution in [0.2, 0.25) is 0 Å². The van der Waals surface area contributed by atoms with Gasteiger partial charge in [0, 0.05) is 55.9 Å². The van der Waals surface area contributed by atoms with E-state index < -0.39 is 0 Å². The Morgan fingerprint density at radius 1 is 1.35 bits per heavy atom. The number of ether oxygens (including phenoxy) is 1. The lowest BCUT2D eigenvalue weighted by molar-refractivity contribution is -0.127. The van der Waals surface area contributed by atoms with Crippen molar-refractivity contribution >= 4 is 29.4 Å². The normalized spacial score (nSPS) is 27.4. The molecule has 1 aromatic heterocycles. The predicted molar refractivity (Wildman–Crippen MR) is 131 cm³/mol. The molecule has 34 heavy (non-hydrogen) atoms. The molecule has 5 rings (SSSR count). The average Bonchev–Trinajstić information content (AvgIpc) is 3.38. The molecule has 3 atom stereocenters. The highest BCUT2D eigenvalue weighted by atomic mass is 16.5. The zero-order chi connectivity index (χ0) is 23.7. The highest BCUT2D eigenvalue weighted by Gasteiger charge is 2.38. The van der Waals surface area contributed by atoms with E-state index in [2.05, 4.69) is 33.2 Å². The van der Waals surface area contributed by atoms with E-state index in [1.54, 1.807) is 12.3 Å². The number of nitrogens with one attached hydrogen (secondary N) is 1. The van der Waals surface area contributed by atoms with E-state index >= 15 is 0 Å². The molecule has 8 nitrogen and oxygen atoms in total. The van der Waals surface area contributed by atoms with Gasteiger partial charge in [-0.05, 0) is 55.4 Å². The van der Waals surface area contributed by atoms with Crippen LogP contribution < -0.4 is 5.32 Å². The number of fused-ring (bicyclic) bond motifs is 3. The zero-order valence-electron chi connectivity index (χ0n) is 19.7. The summed E-state index contributed by atoms with van der Waals surface area (Å²) in [5, 5.41) is 2.92. The minimum absolute atomic E-state index is 0.0279. The van der Waals surface area contributed by atoms with Gasteiger partial charge in [0.2, 0.25) is 11.8 Å². The summed E-state index contributed by atoms with van der Waals surface area (Å²) in [6, 6.07) is 1.72. The number of nitrogens with zero attached hydrogens (tertiary/aromatic N) is 4. The molecule has 8 heteroatoms. The van der Waals surface area contributed by atoms with Crippen molar-refractivity contribution in [2.75, 3.05) is 38.2 Å². The highest BCUT2D eigenvalue weighted by Crippen LogP contribution is 2.37. The van der Waals surface area contributed by atoms with Gasteiger partial charge < -0.3 is 15.0 Å². The molecule has 0 bridgehead atoms. The fourth-order valence-corrected chi connectivity index (χ4v) is 5.24. The van der Waals surface area contributed by atoms with Crippen LogP contribution in [0.3, 0.4) is 0 Å². The number of likely N-dealkylation sites (tertiary alicyclic amines) is 1. The predicted octanol–water partition coefficient (Wildman–Crippen LogP) is 2.65.